The summed E-state index contributed by atoms with van der Waals surface area (Å²) in [6.45, 7) is 6.15. The van der Waals surface area contributed by atoms with E-state index in [9.17, 15) is 13.2 Å². The van der Waals surface area contributed by atoms with Crippen LogP contribution in [0.15, 0.2) is 42.5 Å². The highest BCUT2D eigenvalue weighted by Crippen LogP contribution is 2.35. The zero-order chi connectivity index (χ0) is 16.4. The van der Waals surface area contributed by atoms with Gasteiger partial charge in [0.1, 0.15) is 5.82 Å². The van der Waals surface area contributed by atoms with E-state index in [0.29, 0.717) is 5.82 Å². The first-order chi connectivity index (χ1) is 10.2. The number of alkyl halides is 3. The molecule has 0 saturated heterocycles. The lowest BCUT2D eigenvalue weighted by Crippen LogP contribution is -2.26. The van der Waals surface area contributed by atoms with Crippen molar-refractivity contribution in [2.75, 3.05) is 5.32 Å². The molecule has 0 bridgehead atoms. The Balaban J connectivity index is 2.25. The molecular weight excluding hydrogens is 291 g/mol. The number of nitrogens with one attached hydrogen (secondary N) is 1. The monoisotopic (exact) mass is 309 g/mol. The number of benzene rings is 1. The Kier molecular flexibility index (Phi) is 4.39. The Bertz CT molecular complexity index is 601. The van der Waals surface area contributed by atoms with Crippen molar-refractivity contribution in [2.24, 2.45) is 5.41 Å². The van der Waals surface area contributed by atoms with Crippen LogP contribution in [-0.2, 0) is 6.18 Å². The minimum Gasteiger partial charge on any atom is -0.361 e. The number of aromatic nitrogens is 2. The molecule has 0 aliphatic heterocycles. The van der Waals surface area contributed by atoms with Gasteiger partial charge in [0.05, 0.1) is 6.04 Å². The van der Waals surface area contributed by atoms with Crippen LogP contribution in [0.4, 0.5) is 19.0 Å². The van der Waals surface area contributed by atoms with Crippen molar-refractivity contribution in [1.29, 1.82) is 0 Å². The smallest absolute Gasteiger partial charge is 0.361 e. The van der Waals surface area contributed by atoms with Gasteiger partial charge in [-0.15, -0.1) is 10.2 Å². The number of rotatable bonds is 3. The number of hydrogen-bond donors (Lipinski definition) is 1. The van der Waals surface area contributed by atoms with Crippen LogP contribution in [0.2, 0.25) is 0 Å². The molecule has 0 amide bonds. The average molecular weight is 309 g/mol. The highest BCUT2D eigenvalue weighted by molar-refractivity contribution is 5.39. The van der Waals surface area contributed by atoms with Crippen molar-refractivity contribution < 1.29 is 13.2 Å². The average Bonchev–Trinajstić information content (AvgIpc) is 2.44. The Hall–Kier alpha value is -2.11. The maximum Gasteiger partial charge on any atom is 0.435 e. The Morgan fingerprint density at radius 3 is 2.00 bits per heavy atom. The SMILES string of the molecule is CC(C)(C)C(Nc1ccc(C(F)(F)F)nn1)c1ccccc1. The summed E-state index contributed by atoms with van der Waals surface area (Å²) in [4.78, 5) is 0. The molecule has 0 aliphatic carbocycles. The molecule has 1 N–H and O–H groups in total. The van der Waals surface area contributed by atoms with E-state index in [1.165, 1.54) is 6.07 Å². The minimum atomic E-state index is -4.48. The molecule has 1 aromatic carbocycles. The van der Waals surface area contributed by atoms with E-state index < -0.39 is 11.9 Å². The molecule has 0 fully saturated rings. The molecule has 1 aromatic heterocycles. The fourth-order valence-corrected chi connectivity index (χ4v) is 2.15. The molecule has 2 rings (SSSR count). The topological polar surface area (TPSA) is 37.8 Å². The molecule has 1 heterocycles. The molecule has 118 valence electrons. The van der Waals surface area contributed by atoms with Crippen molar-refractivity contribution in [1.82, 2.24) is 10.2 Å². The van der Waals surface area contributed by atoms with Crippen LogP contribution in [-0.4, -0.2) is 10.2 Å². The van der Waals surface area contributed by atoms with Gasteiger partial charge >= 0.3 is 6.18 Å². The predicted octanol–water partition coefficient (Wildman–Crippen LogP) is 4.69. The molecule has 0 radical (unpaired) electrons. The van der Waals surface area contributed by atoms with Crippen molar-refractivity contribution >= 4 is 5.82 Å². The van der Waals surface area contributed by atoms with Crippen LogP contribution < -0.4 is 5.32 Å². The van der Waals surface area contributed by atoms with Gasteiger partial charge in [0.2, 0.25) is 0 Å². The van der Waals surface area contributed by atoms with Crippen LogP contribution in [0.5, 0.6) is 0 Å². The summed E-state index contributed by atoms with van der Waals surface area (Å²) in [6.07, 6.45) is -4.48. The maximum atomic E-state index is 12.5. The van der Waals surface area contributed by atoms with Crippen molar-refractivity contribution in [3.63, 3.8) is 0 Å². The molecule has 6 heteroatoms. The van der Waals surface area contributed by atoms with Crippen LogP contribution in [0.3, 0.4) is 0 Å². The molecule has 1 unspecified atom stereocenters. The Labute approximate surface area is 127 Å². The van der Waals surface area contributed by atoms with Gasteiger partial charge in [0.25, 0.3) is 0 Å². The van der Waals surface area contributed by atoms with E-state index in [0.717, 1.165) is 11.6 Å². The molecule has 0 spiro atoms. The van der Waals surface area contributed by atoms with Gasteiger partial charge in [-0.3, -0.25) is 0 Å². The van der Waals surface area contributed by atoms with E-state index in [4.69, 9.17) is 0 Å². The molecule has 0 saturated carbocycles. The molecule has 2 aromatic rings. The van der Waals surface area contributed by atoms with Gasteiger partial charge in [-0.2, -0.15) is 13.2 Å². The molecule has 22 heavy (non-hydrogen) atoms. The van der Waals surface area contributed by atoms with Gasteiger partial charge in [-0.1, -0.05) is 51.1 Å². The predicted molar refractivity (Wildman–Crippen MR) is 79.3 cm³/mol. The number of hydrogen-bond acceptors (Lipinski definition) is 3. The van der Waals surface area contributed by atoms with Crippen molar-refractivity contribution in [2.45, 2.75) is 33.0 Å². The van der Waals surface area contributed by atoms with Crippen LogP contribution in [0.25, 0.3) is 0 Å². The van der Waals surface area contributed by atoms with E-state index in [2.05, 4.69) is 36.3 Å². The van der Waals surface area contributed by atoms with Crippen molar-refractivity contribution in [3.05, 3.63) is 53.7 Å². The zero-order valence-electron chi connectivity index (χ0n) is 12.6. The summed E-state index contributed by atoms with van der Waals surface area (Å²) in [5, 5.41) is 10.1. The van der Waals surface area contributed by atoms with E-state index in [-0.39, 0.29) is 11.5 Å². The molecule has 0 aliphatic rings. The van der Waals surface area contributed by atoms with E-state index in [1.54, 1.807) is 0 Å². The number of halogens is 3. The Morgan fingerprint density at radius 2 is 1.55 bits per heavy atom. The first-order valence-corrected chi connectivity index (χ1v) is 6.90. The zero-order valence-corrected chi connectivity index (χ0v) is 12.6. The van der Waals surface area contributed by atoms with Gasteiger partial charge in [-0.05, 0) is 23.1 Å². The Morgan fingerprint density at radius 1 is 0.909 bits per heavy atom. The fourth-order valence-electron chi connectivity index (χ4n) is 2.15. The quantitative estimate of drug-likeness (QED) is 0.893. The lowest BCUT2D eigenvalue weighted by atomic mass is 9.82. The summed E-state index contributed by atoms with van der Waals surface area (Å²) < 4.78 is 37.5. The number of anilines is 1. The van der Waals surface area contributed by atoms with Gasteiger partial charge in [-0.25, -0.2) is 0 Å². The van der Waals surface area contributed by atoms with Gasteiger partial charge in [0, 0.05) is 0 Å². The second-order valence-corrected chi connectivity index (χ2v) is 6.16. The summed E-state index contributed by atoms with van der Waals surface area (Å²) in [6, 6.07) is 11.8. The van der Waals surface area contributed by atoms with Crippen molar-refractivity contribution in [3.8, 4) is 0 Å². The lowest BCUT2D eigenvalue weighted by Gasteiger charge is -2.32. The summed E-state index contributed by atoms with van der Waals surface area (Å²) in [5.74, 6) is 0.316. The molecular formula is C16H18F3N3. The largest absolute Gasteiger partial charge is 0.435 e. The van der Waals surface area contributed by atoms with Crippen LogP contribution >= 0.6 is 0 Å². The maximum absolute atomic E-state index is 12.5. The van der Waals surface area contributed by atoms with Crippen LogP contribution in [0, 0.1) is 5.41 Å². The van der Waals surface area contributed by atoms with Gasteiger partial charge in [0.15, 0.2) is 5.69 Å². The third kappa shape index (κ3) is 3.96. The molecule has 3 nitrogen and oxygen atoms in total. The lowest BCUT2D eigenvalue weighted by molar-refractivity contribution is -0.141. The molecule has 1 atom stereocenters. The third-order valence-electron chi connectivity index (χ3n) is 3.25. The first-order valence-electron chi connectivity index (χ1n) is 6.90. The second-order valence-electron chi connectivity index (χ2n) is 6.16. The number of nitrogens with zero attached hydrogens (tertiary/aromatic N) is 2. The van der Waals surface area contributed by atoms with E-state index >= 15 is 0 Å². The highest BCUT2D eigenvalue weighted by atomic mass is 19.4. The van der Waals surface area contributed by atoms with E-state index in [1.807, 2.05) is 30.3 Å². The second kappa shape index (κ2) is 5.94. The normalized spacial score (nSPS) is 13.7. The first kappa shape index (κ1) is 16.3. The summed E-state index contributed by atoms with van der Waals surface area (Å²) >= 11 is 0. The van der Waals surface area contributed by atoms with Gasteiger partial charge < -0.3 is 5.32 Å². The fraction of sp³-hybridized carbons (Fsp3) is 0.375. The summed E-state index contributed by atoms with van der Waals surface area (Å²) in [5.41, 5.74) is -0.104. The standard InChI is InChI=1S/C16H18F3N3/c1-15(2,3)14(11-7-5-4-6-8-11)20-13-10-9-12(21-22-13)16(17,18)19/h4-10,14H,1-3H3,(H,20,22). The minimum absolute atomic E-state index is 0.0975. The summed E-state index contributed by atoms with van der Waals surface area (Å²) in [7, 11) is 0. The highest BCUT2D eigenvalue weighted by Gasteiger charge is 2.33. The van der Waals surface area contributed by atoms with Crippen LogP contribution in [0.1, 0.15) is 38.1 Å². The third-order valence-corrected chi connectivity index (χ3v) is 3.25.